The molecule has 4 rings (SSSR count). The van der Waals surface area contributed by atoms with Crippen LogP contribution in [0, 0.1) is 0 Å². The van der Waals surface area contributed by atoms with E-state index in [9.17, 15) is 0 Å². The molecule has 0 amide bonds. The first kappa shape index (κ1) is 27.9. The number of allylic oxidation sites excluding steroid dienone is 8. The molecule has 1 N–H and O–H groups in total. The summed E-state index contributed by atoms with van der Waals surface area (Å²) < 4.78 is 12.5. The van der Waals surface area contributed by atoms with Crippen LogP contribution in [0.4, 0.5) is 0 Å². The van der Waals surface area contributed by atoms with Crippen LogP contribution in [0.2, 0.25) is 0 Å². The van der Waals surface area contributed by atoms with Crippen molar-refractivity contribution in [2.24, 2.45) is 0 Å². The number of imidazole rings is 1. The molecule has 0 atom stereocenters. The van der Waals surface area contributed by atoms with Crippen LogP contribution in [-0.4, -0.2) is 40.7 Å². The van der Waals surface area contributed by atoms with E-state index < -0.39 is 0 Å². The van der Waals surface area contributed by atoms with Gasteiger partial charge in [-0.1, -0.05) is 80.0 Å². The number of benzene rings is 2. The molecule has 1 fully saturated rings. The van der Waals surface area contributed by atoms with Gasteiger partial charge in [0.05, 0.1) is 11.0 Å². The highest BCUT2D eigenvalue weighted by atomic mass is 16.5. The number of para-hydroxylation sites is 2. The molecule has 0 spiro atoms. The third kappa shape index (κ3) is 7.71. The molecule has 1 aliphatic rings. The van der Waals surface area contributed by atoms with E-state index in [0.29, 0.717) is 6.61 Å². The molecule has 1 aliphatic heterocycles. The van der Waals surface area contributed by atoms with E-state index in [-0.39, 0.29) is 6.10 Å². The minimum absolute atomic E-state index is 0.173. The molecular weight excluding hydrogens is 482 g/mol. The number of piperidine rings is 1. The van der Waals surface area contributed by atoms with Crippen molar-refractivity contribution in [2.45, 2.75) is 39.3 Å². The van der Waals surface area contributed by atoms with E-state index in [1.165, 1.54) is 5.56 Å². The first-order valence-corrected chi connectivity index (χ1v) is 13.6. The maximum Gasteiger partial charge on any atom is 0.161 e. The number of aromatic amines is 1. The lowest BCUT2D eigenvalue weighted by Crippen LogP contribution is -2.37. The molecule has 0 bridgehead atoms. The van der Waals surface area contributed by atoms with Crippen LogP contribution in [0.25, 0.3) is 16.6 Å². The smallest absolute Gasteiger partial charge is 0.161 e. The molecule has 0 unspecified atom stereocenters. The van der Waals surface area contributed by atoms with Crippen LogP contribution in [0.1, 0.15) is 38.1 Å². The number of rotatable bonds is 12. The lowest BCUT2D eigenvalue weighted by atomic mass is 10.1. The largest absolute Gasteiger partial charge is 0.486 e. The van der Waals surface area contributed by atoms with E-state index in [2.05, 4.69) is 41.2 Å². The van der Waals surface area contributed by atoms with Crippen molar-refractivity contribution < 1.29 is 9.47 Å². The first-order valence-electron chi connectivity index (χ1n) is 13.6. The zero-order valence-electron chi connectivity index (χ0n) is 23.1. The molecule has 5 heteroatoms. The predicted octanol–water partition coefficient (Wildman–Crippen LogP) is 7.82. The van der Waals surface area contributed by atoms with Gasteiger partial charge in [0.15, 0.2) is 11.5 Å². The lowest BCUT2D eigenvalue weighted by molar-refractivity contribution is 0.0938. The van der Waals surface area contributed by atoms with Gasteiger partial charge in [0.2, 0.25) is 0 Å². The zero-order chi connectivity index (χ0) is 27.5. The Morgan fingerprint density at radius 3 is 2.56 bits per heavy atom. The van der Waals surface area contributed by atoms with Crippen molar-refractivity contribution in [1.82, 2.24) is 14.9 Å². The van der Waals surface area contributed by atoms with E-state index in [1.54, 1.807) is 12.2 Å². The number of ether oxygens (including phenoxy) is 2. The van der Waals surface area contributed by atoms with Crippen molar-refractivity contribution in [3.05, 3.63) is 121 Å². The Labute approximate surface area is 232 Å². The molecule has 1 aromatic heterocycles. The lowest BCUT2D eigenvalue weighted by Gasteiger charge is -2.32. The zero-order valence-corrected chi connectivity index (χ0v) is 23.1. The van der Waals surface area contributed by atoms with Crippen molar-refractivity contribution >= 4 is 16.6 Å². The Morgan fingerprint density at radius 2 is 1.85 bits per heavy atom. The summed E-state index contributed by atoms with van der Waals surface area (Å²) in [5, 5.41) is 0. The highest BCUT2D eigenvalue weighted by molar-refractivity contribution is 5.81. The topological polar surface area (TPSA) is 50.4 Å². The fraction of sp³-hybridized carbons (Fsp3) is 0.265. The van der Waals surface area contributed by atoms with E-state index in [4.69, 9.17) is 14.5 Å². The standard InChI is InChI=1S/C34H39N3O2/c1-5-9-14-26(8-4)25-38-32-15-10-11-16-33(32)39-29-19-21-37(22-20-29)24-27-17-18-30-31(23-27)36-34(35-30)28(12-6-2)13-7-3/h5-18,23,29H,1-2,19-22,24-25H2,3-4H3,(H,35,36)/b13-7-,14-9-,26-8+,28-12+. The molecule has 0 aliphatic carbocycles. The molecule has 1 saturated heterocycles. The summed E-state index contributed by atoms with van der Waals surface area (Å²) in [6, 6.07) is 14.4. The van der Waals surface area contributed by atoms with Crippen molar-refractivity contribution in [3.63, 3.8) is 0 Å². The van der Waals surface area contributed by atoms with Gasteiger partial charge >= 0.3 is 0 Å². The first-order chi connectivity index (χ1) is 19.1. The number of likely N-dealkylation sites (tertiary alicyclic amines) is 1. The minimum atomic E-state index is 0.173. The molecule has 0 saturated carbocycles. The minimum Gasteiger partial charge on any atom is -0.486 e. The second-order valence-corrected chi connectivity index (χ2v) is 9.58. The summed E-state index contributed by atoms with van der Waals surface area (Å²) in [7, 11) is 0. The number of nitrogens with zero attached hydrogens (tertiary/aromatic N) is 2. The Kier molecular flexibility index (Phi) is 10.1. The Morgan fingerprint density at radius 1 is 1.05 bits per heavy atom. The van der Waals surface area contributed by atoms with E-state index in [0.717, 1.165) is 72.0 Å². The van der Waals surface area contributed by atoms with Gasteiger partial charge in [0.25, 0.3) is 0 Å². The second-order valence-electron chi connectivity index (χ2n) is 9.58. The quantitative estimate of drug-likeness (QED) is 0.247. The van der Waals surface area contributed by atoms with Gasteiger partial charge in [0.1, 0.15) is 18.5 Å². The molecule has 202 valence electrons. The molecular formula is C34H39N3O2. The van der Waals surface area contributed by atoms with Gasteiger partial charge in [-0.2, -0.15) is 0 Å². The number of hydrogen-bond acceptors (Lipinski definition) is 4. The summed E-state index contributed by atoms with van der Waals surface area (Å²) in [6.07, 6.45) is 17.7. The van der Waals surface area contributed by atoms with E-state index in [1.807, 2.05) is 74.6 Å². The molecule has 5 nitrogen and oxygen atoms in total. The highest BCUT2D eigenvalue weighted by Gasteiger charge is 2.22. The van der Waals surface area contributed by atoms with Gasteiger partial charge in [-0.3, -0.25) is 4.90 Å². The van der Waals surface area contributed by atoms with Gasteiger partial charge < -0.3 is 14.5 Å². The summed E-state index contributed by atoms with van der Waals surface area (Å²) in [4.78, 5) is 10.7. The maximum atomic E-state index is 6.42. The predicted molar refractivity (Wildman–Crippen MR) is 163 cm³/mol. The summed E-state index contributed by atoms with van der Waals surface area (Å²) in [5.41, 5.74) is 5.42. The van der Waals surface area contributed by atoms with Crippen LogP contribution in [0.3, 0.4) is 0 Å². The number of fused-ring (bicyclic) bond motifs is 1. The number of hydrogen-bond donors (Lipinski definition) is 1. The number of nitrogens with one attached hydrogen (secondary N) is 1. The molecule has 3 aromatic rings. The maximum absolute atomic E-state index is 6.42. The van der Waals surface area contributed by atoms with E-state index >= 15 is 0 Å². The SMILES string of the molecule is C=C/C=C\C(=C/C)COc1ccccc1OC1CCN(Cc2ccc3nc(C(/C=C\C)=C/C=C)[nH]c3c2)CC1. The molecule has 39 heavy (non-hydrogen) atoms. The van der Waals surface area contributed by atoms with Gasteiger partial charge in [-0.25, -0.2) is 4.98 Å². The average Bonchev–Trinajstić information content (AvgIpc) is 3.38. The van der Waals surface area contributed by atoms with Gasteiger partial charge in [-0.15, -0.1) is 0 Å². The monoisotopic (exact) mass is 521 g/mol. The normalized spacial score (nSPS) is 15.8. The summed E-state index contributed by atoms with van der Waals surface area (Å²) in [6.45, 7) is 14.9. The average molecular weight is 522 g/mol. The van der Waals surface area contributed by atoms with Crippen LogP contribution in [0.5, 0.6) is 11.5 Å². The molecule has 0 radical (unpaired) electrons. The van der Waals surface area contributed by atoms with Crippen molar-refractivity contribution in [2.75, 3.05) is 19.7 Å². The Bertz CT molecular complexity index is 1380. The Balaban J connectivity index is 1.33. The summed E-state index contributed by atoms with van der Waals surface area (Å²) >= 11 is 0. The van der Waals surface area contributed by atoms with Gasteiger partial charge in [0, 0.05) is 25.2 Å². The highest BCUT2D eigenvalue weighted by Crippen LogP contribution is 2.30. The third-order valence-corrected chi connectivity index (χ3v) is 6.76. The van der Waals surface area contributed by atoms with Crippen LogP contribution in [0.15, 0.2) is 110 Å². The molecule has 2 heterocycles. The summed E-state index contributed by atoms with van der Waals surface area (Å²) in [5.74, 6) is 2.44. The van der Waals surface area contributed by atoms with Crippen LogP contribution < -0.4 is 9.47 Å². The third-order valence-electron chi connectivity index (χ3n) is 6.76. The molecule has 2 aromatic carbocycles. The second kappa shape index (κ2) is 14.2. The fourth-order valence-electron chi connectivity index (χ4n) is 4.68. The van der Waals surface area contributed by atoms with Crippen molar-refractivity contribution in [3.8, 4) is 11.5 Å². The van der Waals surface area contributed by atoms with Crippen LogP contribution >= 0.6 is 0 Å². The van der Waals surface area contributed by atoms with Crippen LogP contribution in [-0.2, 0) is 6.54 Å². The fourth-order valence-corrected chi connectivity index (χ4v) is 4.68. The Hall–Kier alpha value is -4.09. The number of H-pyrrole nitrogens is 1. The number of aromatic nitrogens is 2. The van der Waals surface area contributed by atoms with Crippen molar-refractivity contribution in [1.29, 1.82) is 0 Å². The van der Waals surface area contributed by atoms with Gasteiger partial charge in [-0.05, 0) is 62.1 Å².